The summed E-state index contributed by atoms with van der Waals surface area (Å²) in [7, 11) is 1.56. The smallest absolute Gasteiger partial charge is 0.256 e. The van der Waals surface area contributed by atoms with Gasteiger partial charge in [-0.15, -0.1) is 0 Å². The molecule has 0 heterocycles. The predicted molar refractivity (Wildman–Crippen MR) is 59.8 cm³/mol. The maximum absolute atomic E-state index is 11.4. The number of benzene rings is 1. The van der Waals surface area contributed by atoms with Crippen molar-refractivity contribution in [3.05, 3.63) is 28.8 Å². The van der Waals surface area contributed by atoms with Crippen LogP contribution in [0.1, 0.15) is 34.3 Å². The Morgan fingerprint density at radius 3 is 2.73 bits per heavy atom. The minimum atomic E-state index is -0.411. The molecule has 3 heteroatoms. The Kier molecular flexibility index (Phi) is 2.96. The van der Waals surface area contributed by atoms with Gasteiger partial charge >= 0.3 is 0 Å². The maximum atomic E-state index is 11.4. The van der Waals surface area contributed by atoms with Crippen LogP contribution in [0.4, 0.5) is 0 Å². The van der Waals surface area contributed by atoms with E-state index < -0.39 is 5.24 Å². The molecule has 80 valence electrons. The molecule has 0 aliphatic heterocycles. The van der Waals surface area contributed by atoms with Gasteiger partial charge < -0.3 is 4.74 Å². The summed E-state index contributed by atoms with van der Waals surface area (Å²) in [5, 5.41) is -0.411. The molecule has 0 spiro atoms. The molecule has 0 radical (unpaired) electrons. The highest BCUT2D eigenvalue weighted by Crippen LogP contribution is 2.32. The molecule has 0 saturated carbocycles. The zero-order valence-corrected chi connectivity index (χ0v) is 9.43. The standard InChI is InChI=1S/C12H13ClO2/c1-15-10-7-6-8-4-2-3-5-9(8)11(10)12(13)14/h6-7H,2-5H2,1H3. The molecule has 2 nitrogen and oxygen atoms in total. The summed E-state index contributed by atoms with van der Waals surface area (Å²) in [5.74, 6) is 0.593. The maximum Gasteiger partial charge on any atom is 0.256 e. The number of aryl methyl sites for hydroxylation is 1. The van der Waals surface area contributed by atoms with E-state index in [9.17, 15) is 4.79 Å². The van der Waals surface area contributed by atoms with Gasteiger partial charge in [0.2, 0.25) is 0 Å². The average molecular weight is 225 g/mol. The number of ether oxygens (including phenoxy) is 1. The average Bonchev–Trinajstić information content (AvgIpc) is 2.27. The van der Waals surface area contributed by atoms with Crippen molar-refractivity contribution in [1.29, 1.82) is 0 Å². The summed E-state index contributed by atoms with van der Waals surface area (Å²) in [6, 6.07) is 3.87. The second-order valence-corrected chi connectivity index (χ2v) is 4.10. The Bertz CT molecular complexity index is 399. The lowest BCUT2D eigenvalue weighted by atomic mass is 9.88. The van der Waals surface area contributed by atoms with Crippen molar-refractivity contribution in [3.8, 4) is 5.75 Å². The number of hydrogen-bond donors (Lipinski definition) is 0. The lowest BCUT2D eigenvalue weighted by Crippen LogP contribution is -2.09. The molecule has 0 N–H and O–H groups in total. The first kappa shape index (κ1) is 10.5. The number of methoxy groups -OCH3 is 1. The molecule has 0 aromatic heterocycles. The van der Waals surface area contributed by atoms with Gasteiger partial charge in [-0.1, -0.05) is 6.07 Å². The molecule has 0 saturated heterocycles. The van der Waals surface area contributed by atoms with Gasteiger partial charge in [0.05, 0.1) is 12.7 Å². The van der Waals surface area contributed by atoms with Gasteiger partial charge in [-0.2, -0.15) is 0 Å². The van der Waals surface area contributed by atoms with Crippen LogP contribution in [0.3, 0.4) is 0 Å². The Balaban J connectivity index is 2.59. The van der Waals surface area contributed by atoms with Crippen molar-refractivity contribution in [3.63, 3.8) is 0 Å². The summed E-state index contributed by atoms with van der Waals surface area (Å²) in [6.45, 7) is 0. The number of halogens is 1. The summed E-state index contributed by atoms with van der Waals surface area (Å²) < 4.78 is 5.17. The molecule has 0 unspecified atom stereocenters. The fourth-order valence-electron chi connectivity index (χ4n) is 2.19. The van der Waals surface area contributed by atoms with Gasteiger partial charge in [-0.3, -0.25) is 4.79 Å². The molecule has 2 rings (SSSR count). The lowest BCUT2D eigenvalue weighted by molar-refractivity contribution is 0.107. The first-order valence-corrected chi connectivity index (χ1v) is 5.50. The minimum Gasteiger partial charge on any atom is -0.496 e. The van der Waals surface area contributed by atoms with Crippen LogP contribution < -0.4 is 4.74 Å². The third kappa shape index (κ3) is 1.86. The fraction of sp³-hybridized carbons (Fsp3) is 0.417. The first-order chi connectivity index (χ1) is 7.24. The fourth-order valence-corrected chi connectivity index (χ4v) is 2.40. The van der Waals surface area contributed by atoms with E-state index in [1.807, 2.05) is 12.1 Å². The SMILES string of the molecule is COc1ccc2c(c1C(=O)Cl)CCCC2. The van der Waals surface area contributed by atoms with Crippen molar-refractivity contribution in [2.75, 3.05) is 7.11 Å². The molecule has 15 heavy (non-hydrogen) atoms. The van der Waals surface area contributed by atoms with Gasteiger partial charge in [0.25, 0.3) is 5.24 Å². The monoisotopic (exact) mass is 224 g/mol. The molecule has 0 fully saturated rings. The highest BCUT2D eigenvalue weighted by atomic mass is 35.5. The lowest BCUT2D eigenvalue weighted by Gasteiger charge is -2.19. The normalized spacial score (nSPS) is 14.5. The van der Waals surface area contributed by atoms with Crippen molar-refractivity contribution in [1.82, 2.24) is 0 Å². The van der Waals surface area contributed by atoms with E-state index in [0.717, 1.165) is 24.8 Å². The van der Waals surface area contributed by atoms with E-state index in [-0.39, 0.29) is 0 Å². The number of carbonyl (C=O) groups excluding carboxylic acids is 1. The number of hydrogen-bond acceptors (Lipinski definition) is 2. The molecule has 1 aromatic carbocycles. The van der Waals surface area contributed by atoms with E-state index >= 15 is 0 Å². The van der Waals surface area contributed by atoms with Gasteiger partial charge in [0, 0.05) is 0 Å². The largest absolute Gasteiger partial charge is 0.496 e. The number of carbonyl (C=O) groups is 1. The summed E-state index contributed by atoms with van der Waals surface area (Å²) >= 11 is 5.61. The molecule has 1 aromatic rings. The van der Waals surface area contributed by atoms with Gasteiger partial charge in [0.15, 0.2) is 0 Å². The topological polar surface area (TPSA) is 26.3 Å². The van der Waals surface area contributed by atoms with Crippen LogP contribution in [0, 0.1) is 0 Å². The number of fused-ring (bicyclic) bond motifs is 1. The zero-order chi connectivity index (χ0) is 10.8. The quantitative estimate of drug-likeness (QED) is 0.722. The molecule has 0 bridgehead atoms. The third-order valence-corrected chi connectivity index (χ3v) is 3.10. The molecule has 1 aliphatic carbocycles. The van der Waals surface area contributed by atoms with E-state index in [0.29, 0.717) is 11.3 Å². The highest BCUT2D eigenvalue weighted by Gasteiger charge is 2.20. The Labute approximate surface area is 94.2 Å². The van der Waals surface area contributed by atoms with E-state index in [2.05, 4.69) is 0 Å². The summed E-state index contributed by atoms with van der Waals surface area (Å²) in [4.78, 5) is 11.4. The Hall–Kier alpha value is -1.02. The van der Waals surface area contributed by atoms with Gasteiger partial charge in [0.1, 0.15) is 5.75 Å². The molecular formula is C12H13ClO2. The van der Waals surface area contributed by atoms with Crippen LogP contribution in [0.5, 0.6) is 5.75 Å². The van der Waals surface area contributed by atoms with Crippen LogP contribution in [-0.4, -0.2) is 12.4 Å². The Morgan fingerprint density at radius 1 is 1.33 bits per heavy atom. The van der Waals surface area contributed by atoms with Gasteiger partial charge in [-0.05, 0) is 54.5 Å². The second kappa shape index (κ2) is 4.23. The zero-order valence-electron chi connectivity index (χ0n) is 8.68. The van der Waals surface area contributed by atoms with Crippen LogP contribution >= 0.6 is 11.6 Å². The van der Waals surface area contributed by atoms with Crippen molar-refractivity contribution < 1.29 is 9.53 Å². The minimum absolute atomic E-state index is 0.411. The first-order valence-electron chi connectivity index (χ1n) is 5.12. The van der Waals surface area contributed by atoms with Crippen LogP contribution in [0.15, 0.2) is 12.1 Å². The summed E-state index contributed by atoms with van der Waals surface area (Å²) in [6.07, 6.45) is 4.28. The highest BCUT2D eigenvalue weighted by molar-refractivity contribution is 6.68. The van der Waals surface area contributed by atoms with Crippen molar-refractivity contribution >= 4 is 16.8 Å². The second-order valence-electron chi connectivity index (χ2n) is 3.76. The van der Waals surface area contributed by atoms with Crippen molar-refractivity contribution in [2.24, 2.45) is 0 Å². The van der Waals surface area contributed by atoms with Crippen molar-refractivity contribution in [2.45, 2.75) is 25.7 Å². The predicted octanol–water partition coefficient (Wildman–Crippen LogP) is 2.95. The van der Waals surface area contributed by atoms with E-state index in [1.54, 1.807) is 7.11 Å². The van der Waals surface area contributed by atoms with Gasteiger partial charge in [-0.25, -0.2) is 0 Å². The molecular weight excluding hydrogens is 212 g/mol. The van der Waals surface area contributed by atoms with Crippen LogP contribution in [0.2, 0.25) is 0 Å². The number of rotatable bonds is 2. The van der Waals surface area contributed by atoms with E-state index in [4.69, 9.17) is 16.3 Å². The third-order valence-electron chi connectivity index (χ3n) is 2.91. The molecule has 1 aliphatic rings. The van der Waals surface area contributed by atoms with E-state index in [1.165, 1.54) is 12.0 Å². The Morgan fingerprint density at radius 2 is 2.07 bits per heavy atom. The summed E-state index contributed by atoms with van der Waals surface area (Å²) in [5.41, 5.74) is 2.89. The molecule has 0 amide bonds. The van der Waals surface area contributed by atoms with Crippen LogP contribution in [0.25, 0.3) is 0 Å². The molecule has 0 atom stereocenters. The van der Waals surface area contributed by atoms with Crippen LogP contribution in [-0.2, 0) is 12.8 Å².